The average Bonchev–Trinajstić information content (AvgIpc) is 2.68. The van der Waals surface area contributed by atoms with Crippen molar-refractivity contribution in [3.8, 4) is 0 Å². The van der Waals surface area contributed by atoms with Crippen molar-refractivity contribution < 1.29 is 4.79 Å². The maximum absolute atomic E-state index is 12.3. The second-order valence-corrected chi connectivity index (χ2v) is 6.66. The van der Waals surface area contributed by atoms with Crippen LogP contribution in [-0.2, 0) is 0 Å². The summed E-state index contributed by atoms with van der Waals surface area (Å²) < 4.78 is 0. The molecule has 0 aliphatic carbocycles. The molecular formula is C13H16N2OS. The van der Waals surface area contributed by atoms with Gasteiger partial charge in [0.15, 0.2) is 5.78 Å². The van der Waals surface area contributed by atoms with Crippen LogP contribution in [0.4, 0.5) is 0 Å². The molecule has 0 saturated carbocycles. The molecule has 4 heteroatoms. The number of hydrogen-bond acceptors (Lipinski definition) is 4. The number of ketones is 1. The van der Waals surface area contributed by atoms with Crippen LogP contribution in [0.3, 0.4) is 0 Å². The molecule has 2 aliphatic heterocycles. The van der Waals surface area contributed by atoms with Gasteiger partial charge in [-0.05, 0) is 44.7 Å². The summed E-state index contributed by atoms with van der Waals surface area (Å²) in [6.07, 6.45) is 4.66. The van der Waals surface area contributed by atoms with Crippen LogP contribution in [0.2, 0.25) is 0 Å². The van der Waals surface area contributed by atoms with Crippen molar-refractivity contribution in [2.45, 2.75) is 43.1 Å². The first-order valence-corrected chi connectivity index (χ1v) is 7.16. The minimum atomic E-state index is 0.186. The fourth-order valence-electron chi connectivity index (χ4n) is 2.81. The van der Waals surface area contributed by atoms with Crippen LogP contribution < -0.4 is 0 Å². The van der Waals surface area contributed by atoms with Crippen molar-refractivity contribution >= 4 is 17.5 Å². The number of nitrogens with zero attached hydrogens (tertiary/aromatic N) is 2. The minimum Gasteiger partial charge on any atom is -0.292 e. The number of hydrogen-bond donors (Lipinski definition) is 0. The lowest BCUT2D eigenvalue weighted by Gasteiger charge is -2.25. The van der Waals surface area contributed by atoms with Gasteiger partial charge >= 0.3 is 0 Å². The first-order chi connectivity index (χ1) is 8.22. The van der Waals surface area contributed by atoms with Crippen LogP contribution in [0.25, 0.3) is 0 Å². The van der Waals surface area contributed by atoms with Gasteiger partial charge in [0.25, 0.3) is 0 Å². The average molecular weight is 248 g/mol. The molecule has 2 aliphatic rings. The van der Waals surface area contributed by atoms with E-state index >= 15 is 0 Å². The van der Waals surface area contributed by atoms with Gasteiger partial charge in [0.1, 0.15) is 5.69 Å². The van der Waals surface area contributed by atoms with Crippen molar-refractivity contribution in [1.82, 2.24) is 10.2 Å². The summed E-state index contributed by atoms with van der Waals surface area (Å²) in [5.41, 5.74) is 1.41. The van der Waals surface area contributed by atoms with E-state index in [0.717, 1.165) is 18.5 Å². The van der Waals surface area contributed by atoms with Crippen molar-refractivity contribution in [3.05, 3.63) is 23.5 Å². The van der Waals surface area contributed by atoms with Gasteiger partial charge in [-0.15, -0.1) is 5.10 Å². The van der Waals surface area contributed by atoms with E-state index in [1.807, 2.05) is 19.1 Å². The summed E-state index contributed by atoms with van der Waals surface area (Å²) in [5, 5.41) is 9.41. The summed E-state index contributed by atoms with van der Waals surface area (Å²) in [7, 11) is 0. The quantitative estimate of drug-likeness (QED) is 0.755. The summed E-state index contributed by atoms with van der Waals surface area (Å²) in [4.78, 5) is 12.3. The molecule has 2 saturated heterocycles. The first-order valence-electron chi connectivity index (χ1n) is 6.22. The van der Waals surface area contributed by atoms with Crippen molar-refractivity contribution in [2.75, 3.05) is 0 Å². The first kappa shape index (κ1) is 11.2. The minimum absolute atomic E-state index is 0.186. The molecule has 2 bridgehead atoms. The molecular weight excluding hydrogens is 232 g/mol. The van der Waals surface area contributed by atoms with Gasteiger partial charge in [0.05, 0.1) is 5.69 Å². The molecule has 1 aromatic heterocycles. The Labute approximate surface area is 105 Å². The number of carbonyl (C=O) groups is 1. The largest absolute Gasteiger partial charge is 0.292 e. The molecule has 1 aromatic rings. The zero-order valence-electron chi connectivity index (χ0n) is 9.93. The number of carbonyl (C=O) groups excluding carboxylic acids is 1. The van der Waals surface area contributed by atoms with E-state index < -0.39 is 0 Å². The van der Waals surface area contributed by atoms with E-state index in [1.165, 1.54) is 12.8 Å². The van der Waals surface area contributed by atoms with Crippen LogP contribution >= 0.6 is 11.8 Å². The van der Waals surface area contributed by atoms with Gasteiger partial charge in [-0.1, -0.05) is 0 Å². The standard InChI is InChI=1S/C13H16N2OS/c1-8-2-5-12(15-14-8)13(16)9-6-10-3-4-11(7-9)17-10/h2,5,9-11H,3-4,6-7H2,1H3. The topological polar surface area (TPSA) is 42.9 Å². The Morgan fingerprint density at radius 1 is 1.24 bits per heavy atom. The number of aryl methyl sites for hydroxylation is 1. The fourth-order valence-corrected chi connectivity index (χ4v) is 4.59. The predicted octanol–water partition coefficient (Wildman–Crippen LogP) is 2.64. The summed E-state index contributed by atoms with van der Waals surface area (Å²) in [6.45, 7) is 1.89. The molecule has 0 aromatic carbocycles. The van der Waals surface area contributed by atoms with Gasteiger partial charge in [-0.2, -0.15) is 16.9 Å². The third kappa shape index (κ3) is 2.23. The monoisotopic (exact) mass is 248 g/mol. The van der Waals surface area contributed by atoms with Gasteiger partial charge in [-0.3, -0.25) is 4.79 Å². The molecule has 3 nitrogen and oxygen atoms in total. The molecule has 0 N–H and O–H groups in total. The predicted molar refractivity (Wildman–Crippen MR) is 68.2 cm³/mol. The maximum Gasteiger partial charge on any atom is 0.186 e. The van der Waals surface area contributed by atoms with E-state index in [2.05, 4.69) is 22.0 Å². The molecule has 0 radical (unpaired) electrons. The molecule has 3 rings (SSSR count). The zero-order chi connectivity index (χ0) is 11.8. The summed E-state index contributed by atoms with van der Waals surface area (Å²) >= 11 is 2.08. The highest BCUT2D eigenvalue weighted by Crippen LogP contribution is 2.46. The van der Waals surface area contributed by atoms with E-state index in [-0.39, 0.29) is 11.7 Å². The molecule has 2 unspecified atom stereocenters. The molecule has 17 heavy (non-hydrogen) atoms. The SMILES string of the molecule is Cc1ccc(C(=O)C2CC3CCC(C2)S3)nn1. The lowest BCUT2D eigenvalue weighted by molar-refractivity contribution is 0.0900. The number of Topliss-reactive ketones (excluding diaryl/α,β-unsaturated/α-hetero) is 1. The lowest BCUT2D eigenvalue weighted by Crippen LogP contribution is -2.25. The molecule has 3 heterocycles. The number of aromatic nitrogens is 2. The van der Waals surface area contributed by atoms with Crippen molar-refractivity contribution in [2.24, 2.45) is 5.92 Å². The fraction of sp³-hybridized carbons (Fsp3) is 0.615. The molecule has 2 fully saturated rings. The maximum atomic E-state index is 12.3. The van der Waals surface area contributed by atoms with Crippen molar-refractivity contribution in [1.29, 1.82) is 0 Å². The number of thioether (sulfide) groups is 1. The number of fused-ring (bicyclic) bond motifs is 2. The van der Waals surface area contributed by atoms with E-state index in [1.54, 1.807) is 0 Å². The lowest BCUT2D eigenvalue weighted by atomic mass is 9.92. The Balaban J connectivity index is 1.76. The zero-order valence-corrected chi connectivity index (χ0v) is 10.7. The molecule has 2 atom stereocenters. The summed E-state index contributed by atoms with van der Waals surface area (Å²) in [6, 6.07) is 3.68. The van der Waals surface area contributed by atoms with Gasteiger partial charge in [0, 0.05) is 16.4 Å². The van der Waals surface area contributed by atoms with Crippen LogP contribution in [0.5, 0.6) is 0 Å². The third-order valence-electron chi connectivity index (χ3n) is 3.71. The Kier molecular flexibility index (Phi) is 2.90. The van der Waals surface area contributed by atoms with Crippen LogP contribution in [-0.4, -0.2) is 26.5 Å². The highest BCUT2D eigenvalue weighted by atomic mass is 32.2. The van der Waals surface area contributed by atoms with Gasteiger partial charge < -0.3 is 0 Å². The third-order valence-corrected chi connectivity index (χ3v) is 5.34. The Morgan fingerprint density at radius 3 is 2.53 bits per heavy atom. The van der Waals surface area contributed by atoms with Crippen LogP contribution in [0.15, 0.2) is 12.1 Å². The van der Waals surface area contributed by atoms with E-state index in [0.29, 0.717) is 16.2 Å². The highest BCUT2D eigenvalue weighted by Gasteiger charge is 2.38. The van der Waals surface area contributed by atoms with E-state index in [4.69, 9.17) is 0 Å². The molecule has 0 spiro atoms. The normalized spacial score (nSPS) is 31.5. The number of rotatable bonds is 2. The Bertz CT molecular complexity index is 420. The highest BCUT2D eigenvalue weighted by molar-refractivity contribution is 8.00. The molecule has 90 valence electrons. The van der Waals surface area contributed by atoms with E-state index in [9.17, 15) is 4.79 Å². The molecule has 0 amide bonds. The Morgan fingerprint density at radius 2 is 1.94 bits per heavy atom. The second kappa shape index (κ2) is 4.41. The van der Waals surface area contributed by atoms with Gasteiger partial charge in [0.2, 0.25) is 0 Å². The van der Waals surface area contributed by atoms with Crippen LogP contribution in [0, 0.1) is 12.8 Å². The summed E-state index contributed by atoms with van der Waals surface area (Å²) in [5.74, 6) is 0.389. The van der Waals surface area contributed by atoms with Crippen LogP contribution in [0.1, 0.15) is 41.9 Å². The Hall–Kier alpha value is -0.900. The smallest absolute Gasteiger partial charge is 0.186 e. The van der Waals surface area contributed by atoms with Crippen molar-refractivity contribution in [3.63, 3.8) is 0 Å². The second-order valence-electron chi connectivity index (χ2n) is 5.05. The van der Waals surface area contributed by atoms with Gasteiger partial charge in [-0.25, -0.2) is 0 Å².